The summed E-state index contributed by atoms with van der Waals surface area (Å²) in [6.07, 6.45) is -5.07. The predicted octanol–water partition coefficient (Wildman–Crippen LogP) is 3.68. The summed E-state index contributed by atoms with van der Waals surface area (Å²) >= 11 is 0. The third-order valence-corrected chi connectivity index (χ3v) is 4.92. The van der Waals surface area contributed by atoms with Gasteiger partial charge >= 0.3 is 6.18 Å². The van der Waals surface area contributed by atoms with E-state index in [0.29, 0.717) is 6.54 Å². The fourth-order valence-corrected chi connectivity index (χ4v) is 3.50. The lowest BCUT2D eigenvalue weighted by atomic mass is 9.94. The van der Waals surface area contributed by atoms with Crippen LogP contribution in [-0.4, -0.2) is 36.1 Å². The van der Waals surface area contributed by atoms with Gasteiger partial charge in [-0.1, -0.05) is 60.7 Å². The molecule has 138 valence electrons. The van der Waals surface area contributed by atoms with Crippen molar-refractivity contribution in [2.75, 3.05) is 13.1 Å². The molecular formula is C20H21F3N2O. The van der Waals surface area contributed by atoms with Gasteiger partial charge in [0.25, 0.3) is 0 Å². The van der Waals surface area contributed by atoms with E-state index in [1.807, 2.05) is 30.3 Å². The number of halogens is 3. The molecule has 2 aromatic rings. The van der Waals surface area contributed by atoms with Gasteiger partial charge in [0.15, 0.2) is 0 Å². The van der Waals surface area contributed by atoms with E-state index in [2.05, 4.69) is 0 Å². The maximum Gasteiger partial charge on any atom is 0.396 e. The predicted molar refractivity (Wildman–Crippen MR) is 93.6 cm³/mol. The second-order valence-corrected chi connectivity index (χ2v) is 6.69. The largest absolute Gasteiger partial charge is 0.396 e. The summed E-state index contributed by atoms with van der Waals surface area (Å²) in [6, 6.07) is 16.8. The van der Waals surface area contributed by atoms with E-state index in [1.54, 1.807) is 18.2 Å². The molecule has 0 spiro atoms. The van der Waals surface area contributed by atoms with Crippen LogP contribution < -0.4 is 5.73 Å². The zero-order chi connectivity index (χ0) is 18.7. The van der Waals surface area contributed by atoms with Crippen LogP contribution in [0.15, 0.2) is 60.7 Å². The van der Waals surface area contributed by atoms with Crippen molar-refractivity contribution in [1.82, 2.24) is 4.90 Å². The minimum absolute atomic E-state index is 0.0544. The van der Waals surface area contributed by atoms with E-state index < -0.39 is 24.4 Å². The Hall–Kier alpha value is -2.34. The molecule has 1 aliphatic heterocycles. The van der Waals surface area contributed by atoms with Gasteiger partial charge in [0.2, 0.25) is 5.91 Å². The SMILES string of the molecule is N[C@@H]1CN(C(=O)CC(c2ccccc2)C(F)(F)F)C[C@H]1c1ccccc1. The van der Waals surface area contributed by atoms with Crippen LogP contribution in [0.5, 0.6) is 0 Å². The van der Waals surface area contributed by atoms with Gasteiger partial charge in [-0.2, -0.15) is 13.2 Å². The number of alkyl halides is 3. The lowest BCUT2D eigenvalue weighted by Crippen LogP contribution is -2.35. The number of amides is 1. The van der Waals surface area contributed by atoms with Gasteiger partial charge in [-0.25, -0.2) is 0 Å². The average molecular weight is 362 g/mol. The monoisotopic (exact) mass is 362 g/mol. The Morgan fingerprint density at radius 1 is 1.04 bits per heavy atom. The van der Waals surface area contributed by atoms with Gasteiger partial charge in [-0.05, 0) is 11.1 Å². The van der Waals surface area contributed by atoms with Crippen LogP contribution in [0, 0.1) is 0 Å². The van der Waals surface area contributed by atoms with Crippen molar-refractivity contribution < 1.29 is 18.0 Å². The molecule has 0 saturated carbocycles. The Labute approximate surface area is 150 Å². The molecule has 2 aromatic carbocycles. The number of rotatable bonds is 4. The van der Waals surface area contributed by atoms with Gasteiger partial charge in [0, 0.05) is 31.5 Å². The van der Waals surface area contributed by atoms with Crippen molar-refractivity contribution in [3.63, 3.8) is 0 Å². The highest BCUT2D eigenvalue weighted by atomic mass is 19.4. The van der Waals surface area contributed by atoms with Crippen LogP contribution in [0.2, 0.25) is 0 Å². The molecule has 1 fully saturated rings. The highest BCUT2D eigenvalue weighted by Gasteiger charge is 2.43. The summed E-state index contributed by atoms with van der Waals surface area (Å²) in [4.78, 5) is 14.0. The van der Waals surface area contributed by atoms with Crippen LogP contribution in [0.1, 0.15) is 29.4 Å². The second-order valence-electron chi connectivity index (χ2n) is 6.69. The van der Waals surface area contributed by atoms with Crippen LogP contribution >= 0.6 is 0 Å². The Morgan fingerprint density at radius 2 is 1.62 bits per heavy atom. The summed E-state index contributed by atoms with van der Waals surface area (Å²) in [6.45, 7) is 0.626. The van der Waals surface area contributed by atoms with Crippen molar-refractivity contribution >= 4 is 5.91 Å². The molecule has 3 atom stereocenters. The van der Waals surface area contributed by atoms with E-state index in [0.717, 1.165) is 5.56 Å². The molecular weight excluding hydrogens is 341 g/mol. The second kappa shape index (κ2) is 7.50. The van der Waals surface area contributed by atoms with Crippen molar-refractivity contribution in [3.8, 4) is 0 Å². The van der Waals surface area contributed by atoms with Crippen LogP contribution in [0.25, 0.3) is 0 Å². The molecule has 6 heteroatoms. The first-order chi connectivity index (χ1) is 12.4. The average Bonchev–Trinajstić information content (AvgIpc) is 3.02. The fraction of sp³-hybridized carbons (Fsp3) is 0.350. The Bertz CT molecular complexity index is 734. The van der Waals surface area contributed by atoms with E-state index in [4.69, 9.17) is 5.73 Å². The number of carbonyl (C=O) groups is 1. The number of hydrogen-bond donors (Lipinski definition) is 1. The topological polar surface area (TPSA) is 46.3 Å². The molecule has 0 aliphatic carbocycles. The van der Waals surface area contributed by atoms with Gasteiger partial charge in [0.05, 0.1) is 5.92 Å². The molecule has 0 bridgehead atoms. The van der Waals surface area contributed by atoms with Gasteiger partial charge in [-0.3, -0.25) is 4.79 Å². The first kappa shape index (κ1) is 18.5. The molecule has 1 heterocycles. The highest BCUT2D eigenvalue weighted by molar-refractivity contribution is 5.78. The number of likely N-dealkylation sites (tertiary alicyclic amines) is 1. The number of nitrogens with two attached hydrogens (primary N) is 1. The van der Waals surface area contributed by atoms with E-state index in [1.165, 1.54) is 17.0 Å². The summed E-state index contributed by atoms with van der Waals surface area (Å²) < 4.78 is 40.4. The lowest BCUT2D eigenvalue weighted by Gasteiger charge is -2.23. The first-order valence-electron chi connectivity index (χ1n) is 8.56. The number of nitrogens with zero attached hydrogens (tertiary/aromatic N) is 1. The molecule has 0 radical (unpaired) electrons. The maximum absolute atomic E-state index is 13.5. The summed E-state index contributed by atoms with van der Waals surface area (Å²) in [5.74, 6) is -2.37. The molecule has 26 heavy (non-hydrogen) atoms. The number of hydrogen-bond acceptors (Lipinski definition) is 2. The van der Waals surface area contributed by atoms with Gasteiger partial charge < -0.3 is 10.6 Å². The van der Waals surface area contributed by atoms with Crippen LogP contribution in [-0.2, 0) is 4.79 Å². The lowest BCUT2D eigenvalue weighted by molar-refractivity contribution is -0.160. The molecule has 1 saturated heterocycles. The van der Waals surface area contributed by atoms with E-state index >= 15 is 0 Å². The fourth-order valence-electron chi connectivity index (χ4n) is 3.50. The number of carbonyl (C=O) groups excluding carboxylic acids is 1. The van der Waals surface area contributed by atoms with E-state index in [9.17, 15) is 18.0 Å². The van der Waals surface area contributed by atoms with E-state index in [-0.39, 0.29) is 24.1 Å². The normalized spacial score (nSPS) is 21.6. The summed E-state index contributed by atoms with van der Waals surface area (Å²) in [5, 5.41) is 0. The molecule has 1 amide bonds. The van der Waals surface area contributed by atoms with Gasteiger partial charge in [0.1, 0.15) is 0 Å². The molecule has 3 rings (SSSR count). The van der Waals surface area contributed by atoms with Crippen molar-refractivity contribution in [2.24, 2.45) is 5.73 Å². The number of benzene rings is 2. The summed E-state index contributed by atoms with van der Waals surface area (Å²) in [7, 11) is 0. The minimum Gasteiger partial charge on any atom is -0.340 e. The zero-order valence-corrected chi connectivity index (χ0v) is 14.2. The summed E-state index contributed by atoms with van der Waals surface area (Å²) in [5.41, 5.74) is 7.26. The quantitative estimate of drug-likeness (QED) is 0.902. The maximum atomic E-state index is 13.5. The Morgan fingerprint density at radius 3 is 2.19 bits per heavy atom. The molecule has 1 aliphatic rings. The Balaban J connectivity index is 1.73. The zero-order valence-electron chi connectivity index (χ0n) is 14.2. The smallest absolute Gasteiger partial charge is 0.340 e. The third kappa shape index (κ3) is 4.07. The van der Waals surface area contributed by atoms with Crippen LogP contribution in [0.3, 0.4) is 0 Å². The van der Waals surface area contributed by atoms with Crippen molar-refractivity contribution in [1.29, 1.82) is 0 Å². The van der Waals surface area contributed by atoms with Crippen LogP contribution in [0.4, 0.5) is 13.2 Å². The van der Waals surface area contributed by atoms with Crippen molar-refractivity contribution in [3.05, 3.63) is 71.8 Å². The minimum atomic E-state index is -4.47. The molecule has 2 N–H and O–H groups in total. The third-order valence-electron chi connectivity index (χ3n) is 4.92. The van der Waals surface area contributed by atoms with Crippen molar-refractivity contribution in [2.45, 2.75) is 30.5 Å². The first-order valence-corrected chi connectivity index (χ1v) is 8.56. The highest BCUT2D eigenvalue weighted by Crippen LogP contribution is 2.38. The molecule has 0 aromatic heterocycles. The standard InChI is InChI=1S/C20H21F3N2O/c21-20(22,23)17(15-9-5-2-6-10-15)11-19(26)25-12-16(18(24)13-25)14-7-3-1-4-8-14/h1-10,16-18H,11-13,24H2/t16-,17?,18+/m0/s1. The molecule has 3 nitrogen and oxygen atoms in total. The Kier molecular flexibility index (Phi) is 5.32. The van der Waals surface area contributed by atoms with Gasteiger partial charge in [-0.15, -0.1) is 0 Å². The molecule has 1 unspecified atom stereocenters.